The molecule has 17 aromatic rings. The van der Waals surface area contributed by atoms with Gasteiger partial charge in [-0.3, -0.25) is 39.1 Å². The number of benzene rings is 4. The van der Waals surface area contributed by atoms with Crippen LogP contribution in [0.2, 0.25) is 0 Å². The van der Waals surface area contributed by atoms with Crippen LogP contribution in [0.4, 0.5) is 51.3 Å². The number of hydrogen-bond acceptors (Lipinski definition) is 25. The molecule has 0 unspecified atom stereocenters. The van der Waals surface area contributed by atoms with Crippen LogP contribution in [-0.2, 0) is 27.3 Å². The Morgan fingerprint density at radius 3 is 1.16 bits per heavy atom. The van der Waals surface area contributed by atoms with Gasteiger partial charge in [-0.15, -0.1) is 0 Å². The van der Waals surface area contributed by atoms with Gasteiger partial charge in [0.15, 0.2) is 0 Å². The quantitative estimate of drug-likeness (QED) is 0.0292. The molecule has 8 N–H and O–H groups in total. The zero-order valence-electron chi connectivity index (χ0n) is 76.4. The second kappa shape index (κ2) is 41.9. The lowest BCUT2D eigenvalue weighted by atomic mass is 9.88. The summed E-state index contributed by atoms with van der Waals surface area (Å²) in [5.41, 5.74) is 15.3. The molecule has 0 saturated carbocycles. The molecule has 6 amide bonds. The van der Waals surface area contributed by atoms with E-state index in [0.717, 1.165) is 163 Å². The van der Waals surface area contributed by atoms with Gasteiger partial charge in [-0.2, -0.15) is 0 Å². The molecule has 36 nitrogen and oxygen atoms in total. The third-order valence-electron chi connectivity index (χ3n) is 24.5. The van der Waals surface area contributed by atoms with E-state index in [1.165, 1.54) is 6.42 Å². The van der Waals surface area contributed by atoms with Crippen molar-refractivity contribution in [3.05, 3.63) is 285 Å². The maximum absolute atomic E-state index is 13.2. The number of urea groups is 1. The molecule has 22 rings (SSSR count). The highest BCUT2D eigenvalue weighted by Gasteiger charge is 2.37. The minimum absolute atomic E-state index is 0.0115. The number of pyridine rings is 4. The van der Waals surface area contributed by atoms with E-state index in [2.05, 4.69) is 117 Å². The summed E-state index contributed by atoms with van der Waals surface area (Å²) in [7, 11) is 3.50. The largest absolute Gasteiger partial charge is 0.382 e. The number of nitrogens with zero attached hydrogens (tertiary/aromatic N) is 20. The van der Waals surface area contributed by atoms with E-state index < -0.39 is 0 Å². The van der Waals surface area contributed by atoms with Crippen LogP contribution in [-0.4, -0.2) is 260 Å². The molecule has 5 aliphatic heterocycles. The number of methoxy groups -OCH3 is 1. The smallest absolute Gasteiger partial charge is 0.320 e. The lowest BCUT2D eigenvalue weighted by molar-refractivity contribution is -0.109. The summed E-state index contributed by atoms with van der Waals surface area (Å²) in [5.74, 6) is 2.72. The third kappa shape index (κ3) is 21.9. The predicted molar refractivity (Wildman–Crippen MR) is 525 cm³/mol. The Bertz CT molecular complexity index is 7130. The number of ether oxygens (including phenoxy) is 3. The first-order valence-corrected chi connectivity index (χ1v) is 46.0. The van der Waals surface area contributed by atoms with Gasteiger partial charge < -0.3 is 89.4 Å². The van der Waals surface area contributed by atoms with Crippen LogP contribution in [0, 0.1) is 5.41 Å². The molecule has 0 atom stereocenters. The Morgan fingerprint density at radius 2 is 0.768 bits per heavy atom. The van der Waals surface area contributed by atoms with Crippen molar-refractivity contribution in [2.75, 3.05) is 127 Å². The second-order valence-corrected chi connectivity index (χ2v) is 34.6. The molecule has 138 heavy (non-hydrogen) atoms. The van der Waals surface area contributed by atoms with Crippen molar-refractivity contribution >= 4 is 120 Å². The van der Waals surface area contributed by atoms with Crippen LogP contribution >= 0.6 is 0 Å². The number of nitrogens with one attached hydrogen (secondary N) is 8. The van der Waals surface area contributed by atoms with E-state index in [0.29, 0.717) is 132 Å². The first-order chi connectivity index (χ1) is 67.5. The molecular formula is C102H102N28O8. The van der Waals surface area contributed by atoms with Gasteiger partial charge in [-0.05, 0) is 202 Å². The summed E-state index contributed by atoms with van der Waals surface area (Å²) in [4.78, 5) is 146. The van der Waals surface area contributed by atoms with Gasteiger partial charge in [0.05, 0.1) is 84.6 Å². The van der Waals surface area contributed by atoms with Gasteiger partial charge in [0, 0.05) is 220 Å². The van der Waals surface area contributed by atoms with Crippen molar-refractivity contribution < 1.29 is 38.2 Å². The molecule has 5 aliphatic rings. The van der Waals surface area contributed by atoms with Crippen LogP contribution < -0.4 is 21.3 Å². The summed E-state index contributed by atoms with van der Waals surface area (Å²) >= 11 is 0. The number of fused-ring (bicyclic) bond motifs is 5. The highest BCUT2D eigenvalue weighted by molar-refractivity contribution is 6.02. The number of hydrogen-bond donors (Lipinski definition) is 8. The van der Waals surface area contributed by atoms with Crippen molar-refractivity contribution in [2.24, 2.45) is 5.41 Å². The molecule has 0 aliphatic carbocycles. The van der Waals surface area contributed by atoms with Gasteiger partial charge in [0.25, 0.3) is 23.6 Å². The summed E-state index contributed by atoms with van der Waals surface area (Å²) in [6.45, 7) is 12.5. The highest BCUT2D eigenvalue weighted by Crippen LogP contribution is 2.33. The number of amides is 6. The second-order valence-electron chi connectivity index (χ2n) is 34.6. The molecule has 0 bridgehead atoms. The number of aromatic nitrogens is 18. The van der Waals surface area contributed by atoms with Gasteiger partial charge in [-0.25, -0.2) is 49.7 Å². The third-order valence-corrected chi connectivity index (χ3v) is 24.5. The maximum atomic E-state index is 13.2. The van der Waals surface area contributed by atoms with Gasteiger partial charge in [-0.1, -0.05) is 31.2 Å². The molecule has 4 fully saturated rings. The summed E-state index contributed by atoms with van der Waals surface area (Å²) in [5, 5.41) is 16.7. The average Bonchev–Trinajstić information content (AvgIpc) is 1.66. The highest BCUT2D eigenvalue weighted by atomic mass is 16.5. The van der Waals surface area contributed by atoms with Gasteiger partial charge in [0.1, 0.15) is 28.6 Å². The molecule has 0 spiro atoms. The number of carbonyl (C=O) groups is 5. The van der Waals surface area contributed by atoms with Crippen molar-refractivity contribution in [2.45, 2.75) is 58.2 Å². The van der Waals surface area contributed by atoms with Gasteiger partial charge >= 0.3 is 6.03 Å². The van der Waals surface area contributed by atoms with E-state index in [9.17, 15) is 24.0 Å². The lowest BCUT2D eigenvalue weighted by Gasteiger charge is -2.40. The predicted octanol–water partition coefficient (Wildman–Crippen LogP) is 15.6. The van der Waals surface area contributed by atoms with Crippen LogP contribution in [0.1, 0.15) is 86.8 Å². The minimum Gasteiger partial charge on any atom is -0.382 e. The number of carbonyl (C=O) groups excluding carboxylic acids is 5. The molecule has 4 aromatic carbocycles. The normalized spacial score (nSPS) is 14.6. The number of H-pyrrole nitrogens is 4. The standard InChI is InChI=1S/C28H30N8O2.C26H28N6O3.C24H20N8O.C24H24N6O2/c37-26(34-14-16-36(17-15-34)28(38)35-12-4-1-5-13-35)25-19-20-18-21(7-8-22(20)32-25)31-27-30-11-9-24(33-27)23-6-2-3-10-29-23;1-34-14-15-35-20-8-12-32(13-9-20)25(33)24-17-18-16-19(5-6-21(18)30-24)29-26-28-11-7-23(31-26)22-4-2-3-10-27-22;33-23(32-12-11-31-10-9-26-22(31)15-32)21-14-16-13-17(4-5-18(16)29-21)28-24-27-8-6-20(30-24)19-3-1-2-7-25-19;1-24(14-32-15-24)13-30(2)22(31)21-12-16-11-17(6-7-18(16)28-21)27-23-26-10-8-20(29-23)19-5-3-4-9-25-19/h2-3,6-11,18-19,32H,1,4-5,12-17H2,(H,30,31,33);2-7,10-11,16-17,20,30H,8-9,12-15H2,1H3,(H,28,29,31);1-10,13-14,29H,11-12,15H2,(H,27,28,30);3-12,28H,13-15H2,1-2H3,(H,26,27,29). The Kier molecular flexibility index (Phi) is 27.5. The minimum atomic E-state index is -0.0489. The number of aromatic amines is 4. The fourth-order valence-electron chi connectivity index (χ4n) is 17.3. The zero-order chi connectivity index (χ0) is 94.3. The number of rotatable bonds is 22. The fourth-order valence-corrected chi connectivity index (χ4v) is 17.3. The molecule has 0 radical (unpaired) electrons. The summed E-state index contributed by atoms with van der Waals surface area (Å²) < 4.78 is 18.2. The Labute approximate surface area is 793 Å². The van der Waals surface area contributed by atoms with Crippen LogP contribution in [0.25, 0.3) is 89.2 Å². The van der Waals surface area contributed by atoms with Crippen LogP contribution in [0.15, 0.2) is 256 Å². The number of anilines is 8. The fraction of sp³-hybridized carbons (Fsp3) is 0.255. The summed E-state index contributed by atoms with van der Waals surface area (Å²) in [6.07, 6.45) is 22.7. The van der Waals surface area contributed by atoms with E-state index in [1.807, 2.05) is 232 Å². The number of piperazine rings is 1. The SMILES string of the molecule is CN(CC1(C)COC1)C(=O)c1cc2cc(Nc3nccc(-c4ccccn4)n3)ccc2[nH]1.COCCOC1CCN(C(=O)c2cc3cc(Nc4nccc(-c5ccccn5)n4)ccc3[nH]2)CC1.O=C(c1cc2cc(Nc3nccc(-c4ccccn4)n3)ccc2[nH]1)N1CCN(C(=O)N2CCCCC2)CC1.O=C(c1cc2cc(Nc3nccc(-c4ccccn4)n3)ccc2[nH]1)N1CCn2ccnc2C1. The molecule has 18 heterocycles. The Morgan fingerprint density at radius 1 is 0.391 bits per heavy atom. The summed E-state index contributed by atoms with van der Waals surface area (Å²) in [6, 6.07) is 61.2. The maximum Gasteiger partial charge on any atom is 0.320 e. The molecule has 13 aromatic heterocycles. The van der Waals surface area contributed by atoms with Crippen LogP contribution in [0.5, 0.6) is 0 Å². The topological polar surface area (TPSA) is 416 Å². The van der Waals surface area contributed by atoms with E-state index in [-0.39, 0.29) is 41.2 Å². The lowest BCUT2D eigenvalue weighted by Crippen LogP contribution is -2.54. The van der Waals surface area contributed by atoms with Crippen LogP contribution in [0.3, 0.4) is 0 Å². The molecular weight excluding hydrogens is 1750 g/mol. The van der Waals surface area contributed by atoms with Crippen molar-refractivity contribution in [1.82, 2.24) is 119 Å². The van der Waals surface area contributed by atoms with E-state index >= 15 is 0 Å². The first kappa shape index (κ1) is 90.6. The number of piperidine rings is 2. The van der Waals surface area contributed by atoms with Crippen molar-refractivity contribution in [1.29, 1.82) is 0 Å². The number of imidazole rings is 1. The monoisotopic (exact) mass is 1850 g/mol. The van der Waals surface area contributed by atoms with E-state index in [4.69, 9.17) is 14.2 Å². The van der Waals surface area contributed by atoms with Crippen molar-refractivity contribution in [3.8, 4) is 45.6 Å². The Balaban J connectivity index is 0.000000118. The van der Waals surface area contributed by atoms with E-state index in [1.54, 1.807) is 67.8 Å². The first-order valence-electron chi connectivity index (χ1n) is 46.0. The molecule has 698 valence electrons. The molecule has 4 saturated heterocycles. The Hall–Kier alpha value is -16.6. The average molecular weight is 1850 g/mol. The van der Waals surface area contributed by atoms with Gasteiger partial charge in [0.2, 0.25) is 23.8 Å². The number of likely N-dealkylation sites (tertiary alicyclic amines) is 2. The zero-order valence-corrected chi connectivity index (χ0v) is 76.4. The van der Waals surface area contributed by atoms with Crippen molar-refractivity contribution in [3.63, 3.8) is 0 Å². The molecule has 36 heteroatoms.